The predicted molar refractivity (Wildman–Crippen MR) is 46.0 cm³/mol. The molecule has 12 heavy (non-hydrogen) atoms. The standard InChI is InChI=1S/C8H17NO3/c1-3-9(4-2)6-7(10)5-8(11)12/h7,10H,3-6H2,1-2H3,(H,11,12)/t7-/m0/s1. The van der Waals surface area contributed by atoms with Crippen LogP contribution in [0.1, 0.15) is 20.3 Å². The molecule has 0 unspecified atom stereocenters. The van der Waals surface area contributed by atoms with Gasteiger partial charge in [0.25, 0.3) is 0 Å². The maximum Gasteiger partial charge on any atom is 0.306 e. The minimum atomic E-state index is -0.949. The molecule has 0 aromatic heterocycles. The van der Waals surface area contributed by atoms with Crippen LogP contribution in [-0.4, -0.2) is 46.8 Å². The number of carbonyl (C=O) groups is 1. The van der Waals surface area contributed by atoms with Gasteiger partial charge in [-0.3, -0.25) is 4.79 Å². The summed E-state index contributed by atoms with van der Waals surface area (Å²) >= 11 is 0. The van der Waals surface area contributed by atoms with Crippen LogP contribution in [0.5, 0.6) is 0 Å². The van der Waals surface area contributed by atoms with E-state index < -0.39 is 12.1 Å². The molecule has 0 saturated carbocycles. The van der Waals surface area contributed by atoms with E-state index in [1.165, 1.54) is 0 Å². The van der Waals surface area contributed by atoms with Crippen molar-refractivity contribution in [2.24, 2.45) is 0 Å². The fourth-order valence-electron chi connectivity index (χ4n) is 1.05. The van der Waals surface area contributed by atoms with Crippen LogP contribution in [0.25, 0.3) is 0 Å². The van der Waals surface area contributed by atoms with Crippen LogP contribution >= 0.6 is 0 Å². The van der Waals surface area contributed by atoms with Gasteiger partial charge >= 0.3 is 5.97 Å². The summed E-state index contributed by atoms with van der Waals surface area (Å²) in [6, 6.07) is 0. The van der Waals surface area contributed by atoms with Gasteiger partial charge in [0.2, 0.25) is 0 Å². The first kappa shape index (κ1) is 11.4. The molecule has 0 aliphatic rings. The van der Waals surface area contributed by atoms with Crippen molar-refractivity contribution < 1.29 is 15.0 Å². The zero-order chi connectivity index (χ0) is 9.56. The van der Waals surface area contributed by atoms with Gasteiger partial charge in [-0.1, -0.05) is 13.8 Å². The summed E-state index contributed by atoms with van der Waals surface area (Å²) in [5, 5.41) is 17.6. The van der Waals surface area contributed by atoms with Crippen LogP contribution in [0.3, 0.4) is 0 Å². The van der Waals surface area contributed by atoms with Gasteiger partial charge in [0.1, 0.15) is 0 Å². The van der Waals surface area contributed by atoms with E-state index >= 15 is 0 Å². The SMILES string of the molecule is CCN(CC)C[C@@H](O)CC(=O)O. The second-order valence-electron chi connectivity index (χ2n) is 2.74. The first-order chi connectivity index (χ1) is 5.60. The molecule has 0 aromatic carbocycles. The van der Waals surface area contributed by atoms with Crippen molar-refractivity contribution in [1.29, 1.82) is 0 Å². The lowest BCUT2D eigenvalue weighted by atomic mass is 10.2. The van der Waals surface area contributed by atoms with Crippen molar-refractivity contribution in [2.45, 2.75) is 26.4 Å². The molecule has 4 nitrogen and oxygen atoms in total. The van der Waals surface area contributed by atoms with Gasteiger partial charge in [-0.05, 0) is 13.1 Å². The summed E-state index contributed by atoms with van der Waals surface area (Å²) in [6.07, 6.45) is -0.918. The van der Waals surface area contributed by atoms with Crippen molar-refractivity contribution in [3.8, 4) is 0 Å². The van der Waals surface area contributed by atoms with E-state index in [0.29, 0.717) is 6.54 Å². The Morgan fingerprint density at radius 2 is 1.92 bits per heavy atom. The van der Waals surface area contributed by atoms with Crippen LogP contribution in [0.15, 0.2) is 0 Å². The first-order valence-electron chi connectivity index (χ1n) is 4.22. The average molecular weight is 175 g/mol. The molecular weight excluding hydrogens is 158 g/mol. The van der Waals surface area contributed by atoms with E-state index in [4.69, 9.17) is 5.11 Å². The van der Waals surface area contributed by atoms with Gasteiger partial charge in [-0.15, -0.1) is 0 Å². The average Bonchev–Trinajstić information content (AvgIpc) is 1.98. The quantitative estimate of drug-likeness (QED) is 0.604. The highest BCUT2D eigenvalue weighted by atomic mass is 16.4. The topological polar surface area (TPSA) is 60.8 Å². The number of carboxylic acid groups (broad SMARTS) is 1. The molecule has 0 aliphatic heterocycles. The molecule has 0 heterocycles. The molecule has 1 atom stereocenters. The molecule has 0 rings (SSSR count). The second-order valence-corrected chi connectivity index (χ2v) is 2.74. The molecule has 0 spiro atoms. The Morgan fingerprint density at radius 1 is 1.42 bits per heavy atom. The maximum atomic E-state index is 10.2. The first-order valence-corrected chi connectivity index (χ1v) is 4.22. The van der Waals surface area contributed by atoms with Crippen LogP contribution < -0.4 is 0 Å². The summed E-state index contributed by atoms with van der Waals surface area (Å²) in [7, 11) is 0. The van der Waals surface area contributed by atoms with Crippen molar-refractivity contribution >= 4 is 5.97 Å². The molecule has 2 N–H and O–H groups in total. The van der Waals surface area contributed by atoms with Gasteiger partial charge in [-0.25, -0.2) is 0 Å². The van der Waals surface area contributed by atoms with E-state index in [-0.39, 0.29) is 6.42 Å². The Labute approximate surface area is 72.8 Å². The monoisotopic (exact) mass is 175 g/mol. The minimum Gasteiger partial charge on any atom is -0.481 e. The lowest BCUT2D eigenvalue weighted by Crippen LogP contribution is -2.33. The molecule has 0 aliphatic carbocycles. The number of hydrogen-bond donors (Lipinski definition) is 2. The number of aliphatic hydroxyl groups is 1. The fraction of sp³-hybridized carbons (Fsp3) is 0.875. The van der Waals surface area contributed by atoms with Crippen molar-refractivity contribution in [1.82, 2.24) is 4.90 Å². The summed E-state index contributed by atoms with van der Waals surface area (Å²) in [5.41, 5.74) is 0. The summed E-state index contributed by atoms with van der Waals surface area (Å²) < 4.78 is 0. The Hall–Kier alpha value is -0.610. The third kappa shape index (κ3) is 5.09. The minimum absolute atomic E-state index is 0.170. The highest BCUT2D eigenvalue weighted by molar-refractivity contribution is 5.67. The van der Waals surface area contributed by atoms with Crippen LogP contribution in [-0.2, 0) is 4.79 Å². The number of rotatable bonds is 6. The number of carboxylic acids is 1. The fourth-order valence-corrected chi connectivity index (χ4v) is 1.05. The molecule has 0 aromatic rings. The molecule has 0 fully saturated rings. The highest BCUT2D eigenvalue weighted by Crippen LogP contribution is 1.96. The third-order valence-corrected chi connectivity index (χ3v) is 1.77. The maximum absolute atomic E-state index is 10.2. The van der Waals surface area contributed by atoms with Gasteiger partial charge in [0, 0.05) is 6.54 Å². The lowest BCUT2D eigenvalue weighted by molar-refractivity contribution is -0.139. The third-order valence-electron chi connectivity index (χ3n) is 1.77. The number of hydrogen-bond acceptors (Lipinski definition) is 3. The van der Waals surface area contributed by atoms with E-state index in [0.717, 1.165) is 13.1 Å². The van der Waals surface area contributed by atoms with Gasteiger partial charge in [-0.2, -0.15) is 0 Å². The van der Waals surface area contributed by atoms with Crippen molar-refractivity contribution in [2.75, 3.05) is 19.6 Å². The van der Waals surface area contributed by atoms with Crippen LogP contribution in [0.2, 0.25) is 0 Å². The summed E-state index contributed by atoms with van der Waals surface area (Å²) in [5.74, 6) is -0.949. The largest absolute Gasteiger partial charge is 0.481 e. The molecule has 72 valence electrons. The molecular formula is C8H17NO3. The number of aliphatic carboxylic acids is 1. The van der Waals surface area contributed by atoms with E-state index in [1.807, 2.05) is 18.7 Å². The van der Waals surface area contributed by atoms with Gasteiger partial charge in [0.15, 0.2) is 0 Å². The molecule has 0 bridgehead atoms. The van der Waals surface area contributed by atoms with E-state index in [1.54, 1.807) is 0 Å². The zero-order valence-electron chi connectivity index (χ0n) is 7.66. The van der Waals surface area contributed by atoms with E-state index in [9.17, 15) is 9.90 Å². The molecule has 0 radical (unpaired) electrons. The Bertz CT molecular complexity index is 134. The molecule has 0 saturated heterocycles. The van der Waals surface area contributed by atoms with Gasteiger partial charge < -0.3 is 15.1 Å². The van der Waals surface area contributed by atoms with Crippen molar-refractivity contribution in [3.05, 3.63) is 0 Å². The number of likely N-dealkylation sites (N-methyl/N-ethyl adjacent to an activating group) is 1. The lowest BCUT2D eigenvalue weighted by Gasteiger charge is -2.20. The van der Waals surface area contributed by atoms with Crippen molar-refractivity contribution in [3.63, 3.8) is 0 Å². The second kappa shape index (κ2) is 5.97. The van der Waals surface area contributed by atoms with E-state index in [2.05, 4.69) is 0 Å². The number of aliphatic hydroxyl groups excluding tert-OH is 1. The smallest absolute Gasteiger partial charge is 0.306 e. The van der Waals surface area contributed by atoms with Gasteiger partial charge in [0.05, 0.1) is 12.5 Å². The zero-order valence-corrected chi connectivity index (χ0v) is 7.66. The van der Waals surface area contributed by atoms with Crippen LogP contribution in [0, 0.1) is 0 Å². The highest BCUT2D eigenvalue weighted by Gasteiger charge is 2.11. The Balaban J connectivity index is 3.65. The molecule has 4 heteroatoms. The normalized spacial score (nSPS) is 13.3. The summed E-state index contributed by atoms with van der Waals surface area (Å²) in [4.78, 5) is 12.2. The van der Waals surface area contributed by atoms with Crippen LogP contribution in [0.4, 0.5) is 0 Å². The summed E-state index contributed by atoms with van der Waals surface area (Å²) in [6.45, 7) is 6.09. The number of nitrogens with zero attached hydrogens (tertiary/aromatic N) is 1. The Morgan fingerprint density at radius 3 is 2.25 bits per heavy atom. The molecule has 0 amide bonds. The Kier molecular flexibility index (Phi) is 5.66. The predicted octanol–water partition coefficient (Wildman–Crippen LogP) is 0.164.